The number of nitrogens with zero attached hydrogens (tertiary/aromatic N) is 1. The number of hydrogen-bond acceptors (Lipinski definition) is 2. The summed E-state index contributed by atoms with van der Waals surface area (Å²) in [6.45, 7) is 0. The summed E-state index contributed by atoms with van der Waals surface area (Å²) in [5.74, 6) is -0.303. The van der Waals surface area contributed by atoms with Crippen molar-refractivity contribution < 1.29 is 9.50 Å². The molecule has 0 spiro atoms. The fourth-order valence-electron chi connectivity index (χ4n) is 2.84. The molecule has 1 fully saturated rings. The van der Waals surface area contributed by atoms with Gasteiger partial charge >= 0.3 is 0 Å². The Balaban J connectivity index is 2.19. The lowest BCUT2D eigenvalue weighted by atomic mass is 9.92. The van der Waals surface area contributed by atoms with Crippen LogP contribution in [0, 0.1) is 10.6 Å². The SMILES string of the molecule is OC1CCCCC1n1c(=S)[nH]c2c(F)cccc21. The summed E-state index contributed by atoms with van der Waals surface area (Å²) in [7, 11) is 0. The topological polar surface area (TPSA) is 41.0 Å². The van der Waals surface area contributed by atoms with Crippen molar-refractivity contribution in [3.05, 3.63) is 28.8 Å². The average molecular weight is 266 g/mol. The van der Waals surface area contributed by atoms with Crippen LogP contribution in [0.15, 0.2) is 18.2 Å². The number of nitrogens with one attached hydrogen (secondary N) is 1. The molecular formula is C13H15FN2OS. The standard InChI is InChI=1S/C13H15FN2OS/c14-8-4-3-6-10-12(8)15-13(18)16(10)9-5-1-2-7-11(9)17/h3-4,6,9,11,17H,1-2,5,7H2,(H,15,18). The second kappa shape index (κ2) is 4.48. The lowest BCUT2D eigenvalue weighted by Gasteiger charge is -2.29. The van der Waals surface area contributed by atoms with Crippen molar-refractivity contribution in [2.45, 2.75) is 37.8 Å². The lowest BCUT2D eigenvalue weighted by molar-refractivity contribution is 0.0767. The third-order valence-electron chi connectivity index (χ3n) is 3.73. The van der Waals surface area contributed by atoms with Crippen LogP contribution in [0.4, 0.5) is 4.39 Å². The highest BCUT2D eigenvalue weighted by Crippen LogP contribution is 2.32. The van der Waals surface area contributed by atoms with Gasteiger partial charge in [-0.3, -0.25) is 0 Å². The smallest absolute Gasteiger partial charge is 0.178 e. The molecule has 3 nitrogen and oxygen atoms in total. The number of benzene rings is 1. The molecule has 18 heavy (non-hydrogen) atoms. The molecule has 2 atom stereocenters. The van der Waals surface area contributed by atoms with Crippen molar-refractivity contribution in [1.29, 1.82) is 0 Å². The van der Waals surface area contributed by atoms with E-state index in [2.05, 4.69) is 4.98 Å². The molecule has 0 radical (unpaired) electrons. The summed E-state index contributed by atoms with van der Waals surface area (Å²) >= 11 is 5.28. The van der Waals surface area contributed by atoms with Crippen LogP contribution in [0.1, 0.15) is 31.7 Å². The monoisotopic (exact) mass is 266 g/mol. The van der Waals surface area contributed by atoms with Crippen LogP contribution in [0.2, 0.25) is 0 Å². The Bertz CT molecular complexity index is 633. The minimum absolute atomic E-state index is 0.0400. The quantitative estimate of drug-likeness (QED) is 0.777. The molecule has 1 saturated carbocycles. The predicted octanol–water partition coefficient (Wildman–Crippen LogP) is 3.31. The third-order valence-corrected chi connectivity index (χ3v) is 4.03. The number of para-hydroxylation sites is 1. The van der Waals surface area contributed by atoms with E-state index in [9.17, 15) is 9.50 Å². The van der Waals surface area contributed by atoms with Gasteiger partial charge in [0, 0.05) is 0 Å². The highest BCUT2D eigenvalue weighted by atomic mass is 32.1. The van der Waals surface area contributed by atoms with Gasteiger partial charge in [-0.2, -0.15) is 0 Å². The van der Waals surface area contributed by atoms with Crippen LogP contribution in [0.5, 0.6) is 0 Å². The highest BCUT2D eigenvalue weighted by molar-refractivity contribution is 7.71. The second-order valence-electron chi connectivity index (χ2n) is 4.85. The van der Waals surface area contributed by atoms with Gasteiger partial charge in [0.25, 0.3) is 0 Å². The van der Waals surface area contributed by atoms with E-state index in [1.165, 1.54) is 6.07 Å². The maximum Gasteiger partial charge on any atom is 0.178 e. The first-order chi connectivity index (χ1) is 8.68. The molecule has 5 heteroatoms. The lowest BCUT2D eigenvalue weighted by Crippen LogP contribution is -2.27. The number of aliphatic hydroxyl groups excluding tert-OH is 1. The van der Waals surface area contributed by atoms with Crippen molar-refractivity contribution in [2.24, 2.45) is 0 Å². The number of halogens is 1. The molecule has 96 valence electrons. The molecule has 1 aliphatic carbocycles. The maximum absolute atomic E-state index is 13.7. The van der Waals surface area contributed by atoms with Gasteiger partial charge < -0.3 is 14.7 Å². The van der Waals surface area contributed by atoms with Gasteiger partial charge in [-0.15, -0.1) is 0 Å². The van der Waals surface area contributed by atoms with E-state index in [0.717, 1.165) is 31.2 Å². The number of imidazole rings is 1. The first kappa shape index (κ1) is 11.9. The molecule has 1 aromatic heterocycles. The first-order valence-electron chi connectivity index (χ1n) is 6.25. The predicted molar refractivity (Wildman–Crippen MR) is 70.6 cm³/mol. The zero-order valence-corrected chi connectivity index (χ0v) is 10.7. The zero-order chi connectivity index (χ0) is 12.7. The largest absolute Gasteiger partial charge is 0.391 e. The first-order valence-corrected chi connectivity index (χ1v) is 6.66. The number of aromatic nitrogens is 2. The Morgan fingerprint density at radius 1 is 1.33 bits per heavy atom. The minimum Gasteiger partial charge on any atom is -0.391 e. The van der Waals surface area contributed by atoms with Crippen molar-refractivity contribution in [3.8, 4) is 0 Å². The number of aromatic amines is 1. The van der Waals surface area contributed by atoms with Gasteiger partial charge in [0.2, 0.25) is 0 Å². The summed E-state index contributed by atoms with van der Waals surface area (Å²) in [6.07, 6.45) is 3.40. The van der Waals surface area contributed by atoms with E-state index in [1.807, 2.05) is 10.6 Å². The maximum atomic E-state index is 13.7. The van der Waals surface area contributed by atoms with E-state index in [1.54, 1.807) is 6.07 Å². The normalized spacial score (nSPS) is 24.6. The van der Waals surface area contributed by atoms with Gasteiger partial charge in [0.15, 0.2) is 4.77 Å². The van der Waals surface area contributed by atoms with Gasteiger partial charge in [-0.05, 0) is 37.2 Å². The molecule has 2 aromatic rings. The number of aliphatic hydroxyl groups is 1. The Morgan fingerprint density at radius 2 is 2.11 bits per heavy atom. The number of hydrogen-bond donors (Lipinski definition) is 2. The van der Waals surface area contributed by atoms with E-state index in [4.69, 9.17) is 12.2 Å². The van der Waals surface area contributed by atoms with Crippen LogP contribution in [-0.2, 0) is 0 Å². The Labute approximate surface area is 109 Å². The summed E-state index contributed by atoms with van der Waals surface area (Å²) in [5, 5.41) is 10.1. The molecule has 3 rings (SSSR count). The van der Waals surface area contributed by atoms with Crippen LogP contribution < -0.4 is 0 Å². The molecule has 1 aromatic carbocycles. The molecule has 0 amide bonds. The zero-order valence-electron chi connectivity index (χ0n) is 9.90. The highest BCUT2D eigenvalue weighted by Gasteiger charge is 2.26. The summed E-state index contributed by atoms with van der Waals surface area (Å²) in [4.78, 5) is 2.90. The van der Waals surface area contributed by atoms with E-state index >= 15 is 0 Å². The van der Waals surface area contributed by atoms with Crippen LogP contribution in [0.25, 0.3) is 11.0 Å². The van der Waals surface area contributed by atoms with Crippen molar-refractivity contribution in [1.82, 2.24) is 9.55 Å². The minimum atomic E-state index is -0.396. The molecular weight excluding hydrogens is 251 g/mol. The molecule has 0 saturated heterocycles. The van der Waals surface area contributed by atoms with E-state index in [-0.39, 0.29) is 11.9 Å². The van der Waals surface area contributed by atoms with Crippen LogP contribution in [0.3, 0.4) is 0 Å². The van der Waals surface area contributed by atoms with Gasteiger partial charge in [0.05, 0.1) is 17.7 Å². The van der Waals surface area contributed by atoms with E-state index < -0.39 is 6.10 Å². The second-order valence-corrected chi connectivity index (χ2v) is 5.24. The van der Waals surface area contributed by atoms with Gasteiger partial charge in [0.1, 0.15) is 11.3 Å². The van der Waals surface area contributed by atoms with Crippen molar-refractivity contribution in [3.63, 3.8) is 0 Å². The number of fused-ring (bicyclic) bond motifs is 1. The summed E-state index contributed by atoms with van der Waals surface area (Å²) in [5.41, 5.74) is 1.17. The van der Waals surface area contributed by atoms with Gasteiger partial charge in [-0.25, -0.2) is 4.39 Å². The fourth-order valence-corrected chi connectivity index (χ4v) is 3.17. The molecule has 0 aliphatic heterocycles. The molecule has 0 bridgehead atoms. The molecule has 1 heterocycles. The molecule has 2 N–H and O–H groups in total. The summed E-state index contributed by atoms with van der Waals surface area (Å²) < 4.78 is 16.1. The Kier molecular flexibility index (Phi) is 2.95. The third kappa shape index (κ3) is 1.78. The Morgan fingerprint density at radius 3 is 2.89 bits per heavy atom. The van der Waals surface area contributed by atoms with E-state index in [0.29, 0.717) is 10.3 Å². The number of rotatable bonds is 1. The van der Waals surface area contributed by atoms with Crippen molar-refractivity contribution >= 4 is 23.3 Å². The average Bonchev–Trinajstić information content (AvgIpc) is 2.68. The van der Waals surface area contributed by atoms with Crippen LogP contribution in [-0.4, -0.2) is 20.8 Å². The molecule has 2 unspecified atom stereocenters. The molecule has 1 aliphatic rings. The Hall–Kier alpha value is -1.20. The fraction of sp³-hybridized carbons (Fsp3) is 0.462. The number of H-pyrrole nitrogens is 1. The van der Waals surface area contributed by atoms with Gasteiger partial charge in [-0.1, -0.05) is 18.9 Å². The van der Waals surface area contributed by atoms with Crippen LogP contribution >= 0.6 is 12.2 Å². The van der Waals surface area contributed by atoms with Crippen molar-refractivity contribution in [2.75, 3.05) is 0 Å². The summed E-state index contributed by atoms with van der Waals surface area (Å²) in [6, 6.07) is 4.88.